The number of carboxylic acids is 1. The first-order valence-electron chi connectivity index (χ1n) is 15.7. The molecule has 0 bridgehead atoms. The zero-order valence-electron chi connectivity index (χ0n) is 26.5. The highest BCUT2D eigenvalue weighted by molar-refractivity contribution is 7.97. The van der Waals surface area contributed by atoms with Crippen molar-refractivity contribution in [2.45, 2.75) is 69.3 Å². The third kappa shape index (κ3) is 9.54. The summed E-state index contributed by atoms with van der Waals surface area (Å²) in [6.45, 7) is 1.75. The molecule has 0 atom stereocenters. The molecule has 1 fully saturated rings. The molecule has 7 nitrogen and oxygen atoms in total. The van der Waals surface area contributed by atoms with E-state index in [1.54, 1.807) is 10.4 Å². The van der Waals surface area contributed by atoms with Crippen molar-refractivity contribution in [2.75, 3.05) is 11.4 Å². The number of halogens is 3. The number of amides is 1. The van der Waals surface area contributed by atoms with Crippen LogP contribution in [0.25, 0.3) is 0 Å². The van der Waals surface area contributed by atoms with Crippen molar-refractivity contribution in [3.8, 4) is 11.5 Å². The Morgan fingerprint density at radius 1 is 0.896 bits per heavy atom. The summed E-state index contributed by atoms with van der Waals surface area (Å²) in [5.74, 6) is -2.08. The monoisotopic (exact) mass is 678 g/mol. The van der Waals surface area contributed by atoms with Crippen LogP contribution >= 0.6 is 11.9 Å². The van der Waals surface area contributed by atoms with E-state index in [9.17, 15) is 33.0 Å². The minimum Gasteiger partial charge on any atom is -0.507 e. The van der Waals surface area contributed by atoms with Crippen LogP contribution in [0.2, 0.25) is 0 Å². The molecule has 1 amide bonds. The fourth-order valence-corrected chi connectivity index (χ4v) is 6.79. The number of benzene rings is 4. The predicted octanol–water partition coefficient (Wildman–Crippen LogP) is 9.09. The van der Waals surface area contributed by atoms with Gasteiger partial charge in [0.1, 0.15) is 17.1 Å². The molecule has 0 unspecified atom stereocenters. The number of anilines is 1. The fourth-order valence-electron chi connectivity index (χ4n) is 5.86. The number of rotatable bonds is 12. The molecule has 4 aromatic rings. The van der Waals surface area contributed by atoms with Gasteiger partial charge in [0.15, 0.2) is 0 Å². The standard InChI is InChI=1S/C37H37F3N2O5S/c1-25-11-18-31(19-12-25)48-41(23-29-9-5-6-10-34(29)47-37(38,39)40)24-35(44)42(30-17-20-32(36(45)46)33(43)21-30)22-26-13-15-28(16-14-26)27-7-3-2-4-8-27/h5-6,9-21,27,43H,2-4,7-8,22-24H2,1H3,(H,45,46). The minimum absolute atomic E-state index is 0.0658. The maximum Gasteiger partial charge on any atom is 0.573 e. The van der Waals surface area contributed by atoms with Crippen LogP contribution in [0, 0.1) is 6.92 Å². The van der Waals surface area contributed by atoms with E-state index in [1.165, 1.54) is 78.1 Å². The van der Waals surface area contributed by atoms with Crippen molar-refractivity contribution >= 4 is 29.5 Å². The second-order valence-electron chi connectivity index (χ2n) is 11.9. The molecule has 0 aliphatic heterocycles. The maximum absolute atomic E-state index is 14.2. The van der Waals surface area contributed by atoms with Crippen molar-refractivity contribution in [1.82, 2.24) is 4.31 Å². The van der Waals surface area contributed by atoms with E-state index < -0.39 is 24.0 Å². The Bertz CT molecular complexity index is 1710. The molecule has 11 heteroatoms. The number of ether oxygens (including phenoxy) is 1. The Kier molecular flexibility index (Phi) is 11.3. The Hall–Kier alpha value is -4.48. The lowest BCUT2D eigenvalue weighted by molar-refractivity contribution is -0.275. The van der Waals surface area contributed by atoms with Gasteiger partial charge < -0.3 is 19.8 Å². The molecule has 2 N–H and O–H groups in total. The lowest BCUT2D eigenvalue weighted by Gasteiger charge is -2.28. The Labute approximate surface area is 282 Å². The molecule has 0 heterocycles. The first-order chi connectivity index (χ1) is 22.9. The number of carbonyl (C=O) groups is 2. The lowest BCUT2D eigenvalue weighted by Crippen LogP contribution is -2.38. The van der Waals surface area contributed by atoms with E-state index in [-0.39, 0.29) is 42.2 Å². The maximum atomic E-state index is 14.2. The highest BCUT2D eigenvalue weighted by Gasteiger charge is 2.32. The number of alkyl halides is 3. The Balaban J connectivity index is 1.45. The number of nitrogens with zero attached hydrogens (tertiary/aromatic N) is 2. The summed E-state index contributed by atoms with van der Waals surface area (Å²) in [7, 11) is 0. The summed E-state index contributed by atoms with van der Waals surface area (Å²) in [5, 5.41) is 20.0. The molecule has 5 rings (SSSR count). The van der Waals surface area contributed by atoms with Gasteiger partial charge in [-0.25, -0.2) is 9.10 Å². The van der Waals surface area contributed by atoms with Gasteiger partial charge in [-0.15, -0.1) is 13.2 Å². The zero-order chi connectivity index (χ0) is 34.3. The smallest absolute Gasteiger partial charge is 0.507 e. The molecular weight excluding hydrogens is 641 g/mol. The molecule has 252 valence electrons. The molecule has 1 aliphatic carbocycles. The second-order valence-corrected chi connectivity index (χ2v) is 13.1. The van der Waals surface area contributed by atoms with E-state index in [4.69, 9.17) is 0 Å². The highest BCUT2D eigenvalue weighted by Crippen LogP contribution is 2.34. The molecule has 0 radical (unpaired) electrons. The van der Waals surface area contributed by atoms with Crippen LogP contribution in [0.5, 0.6) is 11.5 Å². The third-order valence-corrected chi connectivity index (χ3v) is 9.33. The summed E-state index contributed by atoms with van der Waals surface area (Å²) >= 11 is 1.22. The lowest BCUT2D eigenvalue weighted by atomic mass is 9.84. The molecule has 0 aromatic heterocycles. The van der Waals surface area contributed by atoms with Crippen molar-refractivity contribution in [2.24, 2.45) is 0 Å². The van der Waals surface area contributed by atoms with Crippen LogP contribution in [0.3, 0.4) is 0 Å². The second kappa shape index (κ2) is 15.6. The summed E-state index contributed by atoms with van der Waals surface area (Å²) in [6, 6.07) is 25.4. The molecule has 48 heavy (non-hydrogen) atoms. The van der Waals surface area contributed by atoms with Gasteiger partial charge >= 0.3 is 12.3 Å². The van der Waals surface area contributed by atoms with E-state index in [0.717, 1.165) is 28.9 Å². The number of para-hydroxylation sites is 1. The van der Waals surface area contributed by atoms with Crippen LogP contribution in [-0.4, -0.2) is 39.3 Å². The van der Waals surface area contributed by atoms with E-state index >= 15 is 0 Å². The number of carboxylic acid groups (broad SMARTS) is 1. The summed E-state index contributed by atoms with van der Waals surface area (Å²) in [5.41, 5.74) is 3.30. The van der Waals surface area contributed by atoms with Crippen molar-refractivity contribution < 1.29 is 37.7 Å². The number of phenols is 1. The Morgan fingerprint density at radius 3 is 2.23 bits per heavy atom. The van der Waals surface area contributed by atoms with Crippen molar-refractivity contribution in [3.05, 3.63) is 119 Å². The number of carbonyl (C=O) groups excluding carboxylic acids is 1. The predicted molar refractivity (Wildman–Crippen MR) is 179 cm³/mol. The van der Waals surface area contributed by atoms with Crippen LogP contribution < -0.4 is 9.64 Å². The quantitative estimate of drug-likeness (QED) is 0.145. The normalized spacial score (nSPS) is 13.8. The number of aromatic carboxylic acids is 1. The highest BCUT2D eigenvalue weighted by atomic mass is 32.2. The molecule has 0 saturated heterocycles. The summed E-state index contributed by atoms with van der Waals surface area (Å²) < 4.78 is 45.6. The van der Waals surface area contributed by atoms with Crippen molar-refractivity contribution in [3.63, 3.8) is 0 Å². The van der Waals surface area contributed by atoms with Gasteiger partial charge in [-0.05, 0) is 79.1 Å². The Morgan fingerprint density at radius 2 is 1.58 bits per heavy atom. The topological polar surface area (TPSA) is 90.3 Å². The van der Waals surface area contributed by atoms with Gasteiger partial charge in [0.2, 0.25) is 5.91 Å². The van der Waals surface area contributed by atoms with Gasteiger partial charge in [-0.2, -0.15) is 0 Å². The van der Waals surface area contributed by atoms with Crippen molar-refractivity contribution in [1.29, 1.82) is 0 Å². The fraction of sp³-hybridized carbons (Fsp3) is 0.297. The average molecular weight is 679 g/mol. The van der Waals surface area contributed by atoms with Gasteiger partial charge in [0.05, 0.1) is 13.1 Å². The number of aryl methyl sites for hydroxylation is 1. The number of aromatic hydroxyl groups is 1. The van der Waals surface area contributed by atoms with E-state index in [2.05, 4.69) is 16.9 Å². The summed E-state index contributed by atoms with van der Waals surface area (Å²) in [4.78, 5) is 28.0. The van der Waals surface area contributed by atoms with Gasteiger partial charge in [-0.1, -0.05) is 79.4 Å². The first-order valence-corrected chi connectivity index (χ1v) is 16.5. The first kappa shape index (κ1) is 34.8. The SMILES string of the molecule is Cc1ccc(SN(CC(=O)N(Cc2ccc(C3CCCCC3)cc2)c2ccc(C(=O)O)c(O)c2)Cc2ccccc2OC(F)(F)F)cc1. The zero-order valence-corrected chi connectivity index (χ0v) is 27.3. The van der Waals surface area contributed by atoms with E-state index in [0.29, 0.717) is 5.92 Å². The number of hydrogen-bond acceptors (Lipinski definition) is 6. The minimum atomic E-state index is -4.89. The molecular formula is C37H37F3N2O5S. The van der Waals surface area contributed by atoms with Gasteiger partial charge in [0.25, 0.3) is 0 Å². The molecule has 4 aromatic carbocycles. The van der Waals surface area contributed by atoms with Gasteiger partial charge in [0, 0.05) is 28.8 Å². The third-order valence-electron chi connectivity index (χ3n) is 8.33. The van der Waals surface area contributed by atoms with Crippen LogP contribution in [0.4, 0.5) is 18.9 Å². The van der Waals surface area contributed by atoms with Crippen LogP contribution in [0.1, 0.15) is 70.6 Å². The average Bonchev–Trinajstić information content (AvgIpc) is 3.05. The van der Waals surface area contributed by atoms with Crippen LogP contribution in [-0.2, 0) is 17.9 Å². The molecule has 0 spiro atoms. The summed E-state index contributed by atoms with van der Waals surface area (Å²) in [6.07, 6.45) is 1.05. The molecule has 1 aliphatic rings. The van der Waals surface area contributed by atoms with Crippen LogP contribution in [0.15, 0.2) is 95.9 Å². The molecule has 1 saturated carbocycles. The van der Waals surface area contributed by atoms with E-state index in [1.807, 2.05) is 43.3 Å². The van der Waals surface area contributed by atoms with Gasteiger partial charge in [-0.3, -0.25) is 4.79 Å². The largest absolute Gasteiger partial charge is 0.573 e. The number of hydrogen-bond donors (Lipinski definition) is 2.